The lowest BCUT2D eigenvalue weighted by molar-refractivity contribution is -0.319. The van der Waals surface area contributed by atoms with Crippen molar-refractivity contribution in [2.45, 2.75) is 37.1 Å². The Labute approximate surface area is 119 Å². The van der Waals surface area contributed by atoms with Gasteiger partial charge >= 0.3 is 5.97 Å². The lowest BCUT2D eigenvalue weighted by atomic mass is 9.99. The van der Waals surface area contributed by atoms with Gasteiger partial charge in [0.25, 0.3) is 5.91 Å². The summed E-state index contributed by atoms with van der Waals surface area (Å²) in [6.07, 6.45) is -4.31. The number of rotatable bonds is 7. The fraction of sp³-hybridized carbons (Fsp3) is 0.818. The summed E-state index contributed by atoms with van der Waals surface area (Å²) in [4.78, 5) is 21.5. The fourth-order valence-corrected chi connectivity index (χ4v) is 1.94. The molecule has 1 heterocycles. The van der Waals surface area contributed by atoms with Gasteiger partial charge in [-0.1, -0.05) is 0 Å². The van der Waals surface area contributed by atoms with E-state index in [1.54, 1.807) is 0 Å². The van der Waals surface area contributed by atoms with Crippen LogP contribution in [0.25, 0.3) is 0 Å². The van der Waals surface area contributed by atoms with Crippen LogP contribution < -0.4 is 5.32 Å². The van der Waals surface area contributed by atoms with Crippen LogP contribution >= 0.6 is 0 Å². The number of ether oxygens (including phenoxy) is 2. The van der Waals surface area contributed by atoms with Crippen molar-refractivity contribution in [1.82, 2.24) is 5.32 Å². The first kappa shape index (κ1) is 17.8. The first-order chi connectivity index (χ1) is 9.81. The van der Waals surface area contributed by atoms with Crippen LogP contribution in [-0.2, 0) is 19.1 Å². The summed E-state index contributed by atoms with van der Waals surface area (Å²) in [7, 11) is 0. The number of carboxylic acid groups (broad SMARTS) is 1. The van der Waals surface area contributed by atoms with Gasteiger partial charge in [-0.3, -0.25) is 9.59 Å². The van der Waals surface area contributed by atoms with Crippen LogP contribution in [-0.4, -0.2) is 81.5 Å². The zero-order valence-electron chi connectivity index (χ0n) is 11.1. The van der Waals surface area contributed by atoms with Crippen LogP contribution in [0.2, 0.25) is 0 Å². The number of hydrogen-bond acceptors (Lipinski definition) is 8. The highest BCUT2D eigenvalue weighted by Crippen LogP contribution is 2.27. The number of amides is 1. The van der Waals surface area contributed by atoms with Gasteiger partial charge in [0.15, 0.2) is 0 Å². The van der Waals surface area contributed by atoms with Crippen molar-refractivity contribution in [3.05, 3.63) is 0 Å². The van der Waals surface area contributed by atoms with Gasteiger partial charge in [-0.05, 0) is 0 Å². The van der Waals surface area contributed by atoms with Crippen molar-refractivity contribution in [2.24, 2.45) is 0 Å². The minimum Gasteiger partial charge on any atom is -0.481 e. The normalized spacial score (nSPS) is 32.7. The molecule has 10 nitrogen and oxygen atoms in total. The second-order valence-electron chi connectivity index (χ2n) is 4.58. The lowest BCUT2D eigenvalue weighted by Crippen LogP contribution is -2.63. The molecule has 1 rings (SSSR count). The molecule has 4 atom stereocenters. The number of hydrogen-bond donors (Lipinski definition) is 6. The molecule has 0 radical (unpaired) electrons. The quantitative estimate of drug-likeness (QED) is 0.265. The van der Waals surface area contributed by atoms with E-state index in [0.717, 1.165) is 0 Å². The van der Waals surface area contributed by atoms with Crippen LogP contribution in [0.4, 0.5) is 0 Å². The summed E-state index contributed by atoms with van der Waals surface area (Å²) < 4.78 is 10.1. The van der Waals surface area contributed by atoms with E-state index in [2.05, 4.69) is 0 Å². The Morgan fingerprint density at radius 1 is 1.38 bits per heavy atom. The summed E-state index contributed by atoms with van der Waals surface area (Å²) in [5, 5.41) is 48.2. The molecule has 1 aliphatic rings. The average Bonchev–Trinajstić information content (AvgIpc) is 2.41. The molecule has 10 heteroatoms. The zero-order chi connectivity index (χ0) is 16.0. The monoisotopic (exact) mass is 309 g/mol. The smallest absolute Gasteiger partial charge is 0.305 e. The van der Waals surface area contributed by atoms with Gasteiger partial charge in [0, 0.05) is 0 Å². The Morgan fingerprint density at radius 2 is 2.05 bits per heavy atom. The topological polar surface area (TPSA) is 166 Å². The summed E-state index contributed by atoms with van der Waals surface area (Å²) in [6.45, 7) is -1.76. The first-order valence-electron chi connectivity index (χ1n) is 6.25. The molecule has 0 bridgehead atoms. The Balaban J connectivity index is 2.71. The van der Waals surface area contributed by atoms with E-state index in [1.807, 2.05) is 5.32 Å². The number of carboxylic acids is 1. The van der Waals surface area contributed by atoms with Crippen LogP contribution in [0.15, 0.2) is 0 Å². The number of aliphatic hydroxyl groups excluding tert-OH is 3. The van der Waals surface area contributed by atoms with Gasteiger partial charge < -0.3 is 40.3 Å². The molecule has 1 aliphatic heterocycles. The second kappa shape index (κ2) is 7.64. The van der Waals surface area contributed by atoms with Crippen molar-refractivity contribution in [3.63, 3.8) is 0 Å². The number of aliphatic carboxylic acids is 1. The predicted octanol–water partition coefficient (Wildman–Crippen LogP) is -3.26. The SMILES string of the molecule is O=C(O)CCO[C@@H]1CC(O)(NC(=O)CO)O[C@H](CO)[C@H]1O. The predicted molar refractivity (Wildman–Crippen MR) is 64.8 cm³/mol. The van der Waals surface area contributed by atoms with Crippen molar-refractivity contribution >= 4 is 11.9 Å². The Kier molecular flexibility index (Phi) is 6.45. The summed E-state index contributed by atoms with van der Waals surface area (Å²) >= 11 is 0. The molecule has 1 unspecified atom stereocenters. The highest BCUT2D eigenvalue weighted by atomic mass is 16.7. The molecular formula is C11H19NO9. The third-order valence-corrected chi connectivity index (χ3v) is 2.89. The van der Waals surface area contributed by atoms with E-state index in [-0.39, 0.29) is 13.0 Å². The van der Waals surface area contributed by atoms with Gasteiger partial charge in [-0.25, -0.2) is 0 Å². The van der Waals surface area contributed by atoms with E-state index < -0.39 is 55.7 Å². The van der Waals surface area contributed by atoms with Crippen LogP contribution in [0.5, 0.6) is 0 Å². The summed E-state index contributed by atoms with van der Waals surface area (Å²) in [5.74, 6) is -4.26. The van der Waals surface area contributed by atoms with Crippen LogP contribution in [0, 0.1) is 0 Å². The molecule has 1 saturated heterocycles. The van der Waals surface area contributed by atoms with Gasteiger partial charge in [-0.15, -0.1) is 0 Å². The molecule has 0 saturated carbocycles. The van der Waals surface area contributed by atoms with Crippen LogP contribution in [0.1, 0.15) is 12.8 Å². The Hall–Kier alpha value is -1.30. The molecular weight excluding hydrogens is 290 g/mol. The fourth-order valence-electron chi connectivity index (χ4n) is 1.94. The molecule has 0 aromatic carbocycles. The lowest BCUT2D eigenvalue weighted by Gasteiger charge is -2.43. The minimum atomic E-state index is -2.24. The third-order valence-electron chi connectivity index (χ3n) is 2.89. The summed E-state index contributed by atoms with van der Waals surface area (Å²) in [5.41, 5.74) is 0. The van der Waals surface area contributed by atoms with Gasteiger partial charge in [0.1, 0.15) is 18.8 Å². The molecule has 6 N–H and O–H groups in total. The third kappa shape index (κ3) is 5.19. The second-order valence-corrected chi connectivity index (χ2v) is 4.58. The average molecular weight is 309 g/mol. The molecule has 1 fully saturated rings. The molecule has 1 amide bonds. The molecule has 0 aromatic heterocycles. The number of carbonyl (C=O) groups excluding carboxylic acids is 1. The standard InChI is InChI=1S/C11H19NO9/c13-4-7-10(18)6(20-2-1-9(16)17)3-11(19,21-7)12-8(15)5-14/h6-7,10,13-14,18-19H,1-5H2,(H,12,15)(H,16,17)/t6-,7-,10+,11?/m1/s1. The maximum absolute atomic E-state index is 11.1. The van der Waals surface area contributed by atoms with Gasteiger partial charge in [-0.2, -0.15) is 0 Å². The van der Waals surface area contributed by atoms with Crippen molar-refractivity contribution in [3.8, 4) is 0 Å². The highest BCUT2D eigenvalue weighted by Gasteiger charge is 2.47. The van der Waals surface area contributed by atoms with E-state index in [9.17, 15) is 19.8 Å². The summed E-state index contributed by atoms with van der Waals surface area (Å²) in [6, 6.07) is 0. The molecule has 0 aliphatic carbocycles. The van der Waals surface area contributed by atoms with E-state index in [0.29, 0.717) is 0 Å². The first-order valence-corrected chi connectivity index (χ1v) is 6.25. The number of carbonyl (C=O) groups is 2. The zero-order valence-corrected chi connectivity index (χ0v) is 11.1. The molecule has 21 heavy (non-hydrogen) atoms. The van der Waals surface area contributed by atoms with E-state index >= 15 is 0 Å². The van der Waals surface area contributed by atoms with Gasteiger partial charge in [0.05, 0.1) is 32.2 Å². The van der Waals surface area contributed by atoms with E-state index in [1.165, 1.54) is 0 Å². The molecule has 0 aromatic rings. The number of aliphatic hydroxyl groups is 4. The molecule has 0 spiro atoms. The maximum Gasteiger partial charge on any atom is 0.305 e. The largest absolute Gasteiger partial charge is 0.481 e. The van der Waals surface area contributed by atoms with Crippen molar-refractivity contribution < 1.29 is 44.6 Å². The van der Waals surface area contributed by atoms with Crippen molar-refractivity contribution in [2.75, 3.05) is 19.8 Å². The minimum absolute atomic E-state index is 0.223. The number of nitrogens with one attached hydrogen (secondary N) is 1. The maximum atomic E-state index is 11.1. The van der Waals surface area contributed by atoms with Gasteiger partial charge in [0.2, 0.25) is 5.91 Å². The van der Waals surface area contributed by atoms with Crippen LogP contribution in [0.3, 0.4) is 0 Å². The Bertz CT molecular complexity index is 377. The van der Waals surface area contributed by atoms with E-state index in [4.69, 9.17) is 24.8 Å². The van der Waals surface area contributed by atoms with Crippen molar-refractivity contribution in [1.29, 1.82) is 0 Å². The Morgan fingerprint density at radius 3 is 2.57 bits per heavy atom. The highest BCUT2D eigenvalue weighted by molar-refractivity contribution is 5.77. The molecule has 122 valence electrons.